The van der Waals surface area contributed by atoms with Gasteiger partial charge in [-0.05, 0) is 61.4 Å². The molecule has 0 saturated carbocycles. The van der Waals surface area contributed by atoms with Gasteiger partial charge in [0.25, 0.3) is 0 Å². The number of nitrogens with one attached hydrogen (secondary N) is 1. The molecule has 0 atom stereocenters. The fraction of sp³-hybridized carbons (Fsp3) is 0.345. The number of hydrogen-bond acceptors (Lipinski definition) is 3. The van der Waals surface area contributed by atoms with Crippen molar-refractivity contribution < 1.29 is 9.53 Å². The van der Waals surface area contributed by atoms with E-state index in [1.165, 1.54) is 33.4 Å². The lowest BCUT2D eigenvalue weighted by Crippen LogP contribution is -2.35. The van der Waals surface area contributed by atoms with E-state index in [2.05, 4.69) is 77.5 Å². The van der Waals surface area contributed by atoms with E-state index in [0.717, 1.165) is 38.0 Å². The van der Waals surface area contributed by atoms with Crippen molar-refractivity contribution in [3.63, 3.8) is 0 Å². The maximum Gasteiger partial charge on any atom is 0.407 e. The Labute approximate surface area is 197 Å². The number of hydrogen-bond donors (Lipinski definition) is 1. The summed E-state index contributed by atoms with van der Waals surface area (Å²) < 4.78 is 5.31. The Hall–Kier alpha value is -3.27. The summed E-state index contributed by atoms with van der Waals surface area (Å²) in [6.45, 7) is 12.3. The Kier molecular flexibility index (Phi) is 6.73. The summed E-state index contributed by atoms with van der Waals surface area (Å²) in [6, 6.07) is 17.4. The van der Waals surface area contributed by atoms with Gasteiger partial charge in [0.2, 0.25) is 0 Å². The van der Waals surface area contributed by atoms with Crippen LogP contribution in [-0.4, -0.2) is 36.2 Å². The first kappa shape index (κ1) is 22.9. The van der Waals surface area contributed by atoms with Gasteiger partial charge >= 0.3 is 6.09 Å². The number of rotatable bonds is 4. The minimum atomic E-state index is -0.484. The molecule has 4 nitrogen and oxygen atoms in total. The third kappa shape index (κ3) is 5.57. The van der Waals surface area contributed by atoms with Crippen LogP contribution in [0.1, 0.15) is 62.3 Å². The summed E-state index contributed by atoms with van der Waals surface area (Å²) >= 11 is 0. The second-order valence-corrected chi connectivity index (χ2v) is 9.72. The fourth-order valence-electron chi connectivity index (χ4n) is 4.57. The van der Waals surface area contributed by atoms with Gasteiger partial charge in [0.15, 0.2) is 0 Å². The first-order valence-electron chi connectivity index (χ1n) is 11.8. The average Bonchev–Trinajstić information content (AvgIpc) is 2.95. The second kappa shape index (κ2) is 9.70. The van der Waals surface area contributed by atoms with Gasteiger partial charge in [0.05, 0.1) is 0 Å². The third-order valence-corrected chi connectivity index (χ3v) is 6.15. The smallest absolute Gasteiger partial charge is 0.407 e. The molecule has 1 N–H and O–H groups in total. The first-order chi connectivity index (χ1) is 15.8. The lowest BCUT2D eigenvalue weighted by atomic mass is 9.86. The highest BCUT2D eigenvalue weighted by Crippen LogP contribution is 2.39. The largest absolute Gasteiger partial charge is 0.444 e. The highest BCUT2D eigenvalue weighted by atomic mass is 16.6. The van der Waals surface area contributed by atoms with Gasteiger partial charge in [0, 0.05) is 31.8 Å². The lowest BCUT2D eigenvalue weighted by Gasteiger charge is -2.33. The summed E-state index contributed by atoms with van der Waals surface area (Å²) in [4.78, 5) is 14.2. The van der Waals surface area contributed by atoms with Crippen molar-refractivity contribution in [1.29, 1.82) is 0 Å². The van der Waals surface area contributed by atoms with Crippen LogP contribution in [0, 0.1) is 0 Å². The van der Waals surface area contributed by atoms with Crippen molar-refractivity contribution in [3.05, 3.63) is 88.6 Å². The number of alkyl carbamates (subject to hydrolysis) is 1. The number of carbonyl (C=O) groups excluding carboxylic acids is 1. The van der Waals surface area contributed by atoms with Crippen molar-refractivity contribution in [2.75, 3.05) is 19.6 Å². The van der Waals surface area contributed by atoms with Crippen molar-refractivity contribution in [3.8, 4) is 0 Å². The van der Waals surface area contributed by atoms with E-state index in [-0.39, 0.29) is 6.09 Å². The van der Waals surface area contributed by atoms with Gasteiger partial charge in [0.1, 0.15) is 5.60 Å². The van der Waals surface area contributed by atoms with Crippen LogP contribution in [0.5, 0.6) is 0 Å². The molecule has 0 aromatic heterocycles. The SMILES string of the molecule is C=C(CCNC(=O)OC(C)(C)C)N1CCC(=C2c3ccccc3C=Cc3ccccc32)CC1. The van der Waals surface area contributed by atoms with Crippen LogP contribution in [0.3, 0.4) is 0 Å². The van der Waals surface area contributed by atoms with E-state index in [4.69, 9.17) is 4.74 Å². The quantitative estimate of drug-likeness (QED) is 0.502. The molecule has 1 saturated heterocycles. The molecule has 0 bridgehead atoms. The Morgan fingerprint density at radius 3 is 2.06 bits per heavy atom. The van der Waals surface area contributed by atoms with Crippen molar-refractivity contribution in [2.45, 2.75) is 45.6 Å². The molecule has 0 spiro atoms. The number of carbonyl (C=O) groups is 1. The molecule has 1 aliphatic heterocycles. The van der Waals surface area contributed by atoms with Crippen molar-refractivity contribution in [1.82, 2.24) is 10.2 Å². The van der Waals surface area contributed by atoms with E-state index >= 15 is 0 Å². The van der Waals surface area contributed by atoms with Crippen LogP contribution in [0.25, 0.3) is 17.7 Å². The number of piperidine rings is 1. The monoisotopic (exact) mass is 442 g/mol. The molecule has 1 amide bonds. The van der Waals surface area contributed by atoms with Crippen LogP contribution in [0.15, 0.2) is 66.4 Å². The topological polar surface area (TPSA) is 41.6 Å². The predicted octanol–water partition coefficient (Wildman–Crippen LogP) is 6.50. The number of likely N-dealkylation sites (tertiary alicyclic amines) is 1. The van der Waals surface area contributed by atoms with Gasteiger partial charge in [-0.1, -0.05) is 72.8 Å². The van der Waals surface area contributed by atoms with Crippen LogP contribution in [-0.2, 0) is 4.74 Å². The average molecular weight is 443 g/mol. The molecule has 172 valence electrons. The van der Waals surface area contributed by atoms with Crippen molar-refractivity contribution in [2.24, 2.45) is 0 Å². The maximum absolute atomic E-state index is 11.9. The number of amides is 1. The summed E-state index contributed by atoms with van der Waals surface area (Å²) in [7, 11) is 0. The Morgan fingerprint density at radius 2 is 1.52 bits per heavy atom. The molecule has 0 unspecified atom stereocenters. The van der Waals surface area contributed by atoms with Crippen LogP contribution in [0.4, 0.5) is 4.79 Å². The zero-order chi connectivity index (χ0) is 23.4. The van der Waals surface area contributed by atoms with Gasteiger partial charge < -0.3 is 15.0 Å². The molecule has 1 heterocycles. The summed E-state index contributed by atoms with van der Waals surface area (Å²) in [5.74, 6) is 0. The number of fused-ring (bicyclic) bond motifs is 2. The highest BCUT2D eigenvalue weighted by molar-refractivity contribution is 5.94. The summed E-state index contributed by atoms with van der Waals surface area (Å²) in [5, 5.41) is 2.83. The zero-order valence-corrected chi connectivity index (χ0v) is 20.0. The molecular weight excluding hydrogens is 408 g/mol. The van der Waals surface area contributed by atoms with E-state index in [9.17, 15) is 4.79 Å². The second-order valence-electron chi connectivity index (χ2n) is 9.72. The Morgan fingerprint density at radius 1 is 0.970 bits per heavy atom. The highest BCUT2D eigenvalue weighted by Gasteiger charge is 2.23. The summed E-state index contributed by atoms with van der Waals surface area (Å²) in [5.41, 5.74) is 8.68. The molecule has 1 fully saturated rings. The molecule has 2 aromatic carbocycles. The van der Waals surface area contributed by atoms with Gasteiger partial charge in [-0.15, -0.1) is 0 Å². The fourth-order valence-corrected chi connectivity index (χ4v) is 4.57. The molecule has 4 heteroatoms. The Bertz CT molecular complexity index is 1040. The standard InChI is InChI=1S/C29H34N2O2/c1-21(15-18-30-28(32)33-29(2,3)4)31-19-16-24(17-20-31)27-25-11-7-5-9-22(25)13-14-23-10-6-8-12-26(23)27/h5-14H,1,15-20H2,2-4H3,(H,30,32). The number of ether oxygens (including phenoxy) is 1. The molecule has 1 aliphatic carbocycles. The van der Waals surface area contributed by atoms with E-state index in [1.54, 1.807) is 0 Å². The van der Waals surface area contributed by atoms with E-state index in [0.29, 0.717) is 6.54 Å². The normalized spacial score (nSPS) is 15.4. The molecule has 4 rings (SSSR count). The van der Waals surface area contributed by atoms with Crippen LogP contribution < -0.4 is 5.32 Å². The van der Waals surface area contributed by atoms with Crippen LogP contribution >= 0.6 is 0 Å². The van der Waals surface area contributed by atoms with E-state index < -0.39 is 5.60 Å². The zero-order valence-electron chi connectivity index (χ0n) is 20.0. The maximum atomic E-state index is 11.9. The van der Waals surface area contributed by atoms with Gasteiger partial charge in [-0.2, -0.15) is 0 Å². The summed E-state index contributed by atoms with van der Waals surface area (Å²) in [6.07, 6.45) is 6.83. The van der Waals surface area contributed by atoms with Crippen LogP contribution in [0.2, 0.25) is 0 Å². The number of nitrogens with zero attached hydrogens (tertiary/aromatic N) is 1. The molecule has 33 heavy (non-hydrogen) atoms. The minimum Gasteiger partial charge on any atom is -0.444 e. The minimum absolute atomic E-state index is 0.375. The molecular formula is C29H34N2O2. The lowest BCUT2D eigenvalue weighted by molar-refractivity contribution is 0.0527. The van der Waals surface area contributed by atoms with E-state index in [1.807, 2.05) is 20.8 Å². The number of benzene rings is 2. The van der Waals surface area contributed by atoms with Crippen molar-refractivity contribution >= 4 is 23.8 Å². The molecule has 0 radical (unpaired) electrons. The third-order valence-electron chi connectivity index (χ3n) is 6.15. The first-order valence-corrected chi connectivity index (χ1v) is 11.8. The molecule has 2 aliphatic rings. The van der Waals surface area contributed by atoms with Gasteiger partial charge in [-0.3, -0.25) is 0 Å². The molecule has 2 aromatic rings. The van der Waals surface area contributed by atoms with Gasteiger partial charge in [-0.25, -0.2) is 4.79 Å². The predicted molar refractivity (Wildman–Crippen MR) is 137 cm³/mol. The Balaban J connectivity index is 1.44.